The molecule has 5 heteroatoms. The summed E-state index contributed by atoms with van der Waals surface area (Å²) in [6, 6.07) is 0. The molecule has 6 unspecified atom stereocenters. The lowest BCUT2D eigenvalue weighted by Gasteiger charge is -2.58. The lowest BCUT2D eigenvalue weighted by molar-refractivity contribution is -0.160. The van der Waals surface area contributed by atoms with Gasteiger partial charge >= 0.3 is 0 Å². The van der Waals surface area contributed by atoms with Gasteiger partial charge in [-0.25, -0.2) is 0 Å². The number of halogens is 1. The first-order valence-corrected chi connectivity index (χ1v) is 9.96. The highest BCUT2D eigenvalue weighted by Crippen LogP contribution is 2.67. The summed E-state index contributed by atoms with van der Waals surface area (Å²) in [5, 5.41) is 11.3. The van der Waals surface area contributed by atoms with Crippen LogP contribution in [-0.2, 0) is 9.59 Å². The third kappa shape index (κ3) is 2.41. The van der Waals surface area contributed by atoms with Gasteiger partial charge in [0.25, 0.3) is 0 Å². The maximum atomic E-state index is 12.5. The third-order valence-electron chi connectivity index (χ3n) is 8.76. The van der Waals surface area contributed by atoms with Crippen LogP contribution >= 0.6 is 12.4 Å². The van der Waals surface area contributed by atoms with Gasteiger partial charge in [0.1, 0.15) is 5.60 Å². The van der Waals surface area contributed by atoms with Gasteiger partial charge in [-0.15, -0.1) is 12.4 Å². The molecule has 3 saturated carbocycles. The molecule has 26 heavy (non-hydrogen) atoms. The van der Waals surface area contributed by atoms with Crippen LogP contribution in [0.2, 0.25) is 0 Å². The Morgan fingerprint density at radius 3 is 2.54 bits per heavy atom. The van der Waals surface area contributed by atoms with E-state index in [-0.39, 0.29) is 41.3 Å². The van der Waals surface area contributed by atoms with Gasteiger partial charge in [-0.1, -0.05) is 19.4 Å². The zero-order valence-electron chi connectivity index (χ0n) is 15.9. The van der Waals surface area contributed by atoms with E-state index in [1.165, 1.54) is 5.57 Å². The highest BCUT2D eigenvalue weighted by Gasteiger charge is 2.65. The number of carbonyl (C=O) groups is 2. The summed E-state index contributed by atoms with van der Waals surface area (Å²) in [7, 11) is 0. The fourth-order valence-corrected chi connectivity index (χ4v) is 7.20. The molecule has 4 aliphatic rings. The molecule has 0 amide bonds. The van der Waals surface area contributed by atoms with E-state index in [1.807, 2.05) is 6.08 Å². The number of ketones is 2. The molecule has 0 spiro atoms. The minimum absolute atomic E-state index is 0. The smallest absolute Gasteiger partial charge is 0.178 e. The van der Waals surface area contributed by atoms with Gasteiger partial charge in [-0.3, -0.25) is 9.59 Å². The molecular formula is C21H32ClNO3. The molecule has 0 aliphatic heterocycles. The van der Waals surface area contributed by atoms with Gasteiger partial charge in [-0.05, 0) is 74.2 Å². The van der Waals surface area contributed by atoms with E-state index >= 15 is 0 Å². The first-order valence-electron chi connectivity index (χ1n) is 9.96. The minimum Gasteiger partial charge on any atom is -0.381 e. The molecular weight excluding hydrogens is 350 g/mol. The number of nitrogens with two attached hydrogens (primary N) is 1. The number of carbonyl (C=O) groups excluding carboxylic acids is 2. The summed E-state index contributed by atoms with van der Waals surface area (Å²) < 4.78 is 0. The zero-order valence-corrected chi connectivity index (χ0v) is 16.7. The van der Waals surface area contributed by atoms with Crippen LogP contribution in [0.1, 0.15) is 65.2 Å². The van der Waals surface area contributed by atoms with Gasteiger partial charge in [0.2, 0.25) is 0 Å². The predicted molar refractivity (Wildman–Crippen MR) is 103 cm³/mol. The maximum absolute atomic E-state index is 12.5. The van der Waals surface area contributed by atoms with E-state index in [0.29, 0.717) is 30.6 Å². The fraction of sp³-hybridized carbons (Fsp3) is 0.810. The second-order valence-corrected chi connectivity index (χ2v) is 9.45. The van der Waals surface area contributed by atoms with Crippen molar-refractivity contribution in [3.63, 3.8) is 0 Å². The molecule has 0 aromatic heterocycles. The second kappa shape index (κ2) is 6.42. The zero-order chi connectivity index (χ0) is 18.0. The van der Waals surface area contributed by atoms with Crippen molar-refractivity contribution in [3.05, 3.63) is 11.6 Å². The van der Waals surface area contributed by atoms with Crippen LogP contribution in [0.5, 0.6) is 0 Å². The maximum Gasteiger partial charge on any atom is 0.178 e. The molecule has 3 N–H and O–H groups in total. The molecule has 0 aromatic carbocycles. The topological polar surface area (TPSA) is 80.4 Å². The molecule has 0 heterocycles. The summed E-state index contributed by atoms with van der Waals surface area (Å²) in [5.41, 5.74) is 5.54. The summed E-state index contributed by atoms with van der Waals surface area (Å²) in [4.78, 5) is 24.3. The van der Waals surface area contributed by atoms with Crippen LogP contribution in [0.3, 0.4) is 0 Å². The lowest BCUT2D eigenvalue weighted by Crippen LogP contribution is -2.58. The van der Waals surface area contributed by atoms with Crippen molar-refractivity contribution in [2.45, 2.75) is 70.8 Å². The van der Waals surface area contributed by atoms with Gasteiger partial charge in [-0.2, -0.15) is 0 Å². The SMILES string of the molecule is CC12CCC(=O)C=C1CCC1C2CCC2(C)C1CCC2(O)C(=O)CN.Cl. The van der Waals surface area contributed by atoms with Gasteiger partial charge < -0.3 is 10.8 Å². The van der Waals surface area contributed by atoms with Gasteiger partial charge in [0, 0.05) is 11.8 Å². The van der Waals surface area contributed by atoms with Gasteiger partial charge in [0.15, 0.2) is 11.6 Å². The Hall–Kier alpha value is -0.710. The van der Waals surface area contributed by atoms with E-state index in [4.69, 9.17) is 5.73 Å². The van der Waals surface area contributed by atoms with Crippen molar-refractivity contribution < 1.29 is 14.7 Å². The molecule has 6 atom stereocenters. The Morgan fingerprint density at radius 1 is 1.15 bits per heavy atom. The minimum atomic E-state index is -1.24. The van der Waals surface area contributed by atoms with E-state index < -0.39 is 5.60 Å². The lowest BCUT2D eigenvalue weighted by atomic mass is 9.46. The van der Waals surface area contributed by atoms with Crippen LogP contribution in [0.15, 0.2) is 11.6 Å². The highest BCUT2D eigenvalue weighted by molar-refractivity contribution is 5.92. The fourth-order valence-electron chi connectivity index (χ4n) is 7.20. The van der Waals surface area contributed by atoms with E-state index in [1.54, 1.807) is 0 Å². The van der Waals surface area contributed by atoms with Crippen molar-refractivity contribution in [3.8, 4) is 0 Å². The Bertz CT molecular complexity index is 662. The second-order valence-electron chi connectivity index (χ2n) is 9.45. The number of hydrogen-bond acceptors (Lipinski definition) is 4. The molecule has 0 aromatic rings. The van der Waals surface area contributed by atoms with E-state index in [2.05, 4.69) is 13.8 Å². The number of allylic oxidation sites excluding steroid dienone is 1. The summed E-state index contributed by atoms with van der Waals surface area (Å²) in [6.45, 7) is 4.42. The van der Waals surface area contributed by atoms with Crippen molar-refractivity contribution >= 4 is 24.0 Å². The third-order valence-corrected chi connectivity index (χ3v) is 8.76. The Labute approximate surface area is 162 Å². The molecule has 4 aliphatic carbocycles. The Balaban J connectivity index is 0.00000196. The number of fused-ring (bicyclic) bond motifs is 5. The number of Topliss-reactive ketones (excluding diaryl/α,β-unsaturated/α-hetero) is 1. The molecule has 146 valence electrons. The molecule has 0 saturated heterocycles. The largest absolute Gasteiger partial charge is 0.381 e. The van der Waals surface area contributed by atoms with Crippen LogP contribution in [0.4, 0.5) is 0 Å². The van der Waals surface area contributed by atoms with Crippen molar-refractivity contribution in [1.29, 1.82) is 0 Å². The summed E-state index contributed by atoms with van der Waals surface area (Å²) >= 11 is 0. The summed E-state index contributed by atoms with van der Waals surface area (Å²) in [5.74, 6) is 1.63. The molecule has 3 fully saturated rings. The molecule has 4 rings (SSSR count). The van der Waals surface area contributed by atoms with Crippen molar-refractivity contribution in [1.82, 2.24) is 0 Å². The number of rotatable bonds is 2. The first-order chi connectivity index (χ1) is 11.8. The van der Waals surface area contributed by atoms with Crippen LogP contribution in [-0.4, -0.2) is 28.8 Å². The van der Waals surface area contributed by atoms with Crippen LogP contribution in [0, 0.1) is 28.6 Å². The monoisotopic (exact) mass is 381 g/mol. The quantitative estimate of drug-likeness (QED) is 0.769. The molecule has 0 radical (unpaired) electrons. The number of aliphatic hydroxyl groups is 1. The average Bonchev–Trinajstić information content (AvgIpc) is 2.87. The van der Waals surface area contributed by atoms with Gasteiger partial charge in [0.05, 0.1) is 6.54 Å². The first kappa shape index (κ1) is 20.0. The van der Waals surface area contributed by atoms with Crippen LogP contribution < -0.4 is 5.73 Å². The van der Waals surface area contributed by atoms with E-state index in [0.717, 1.165) is 38.5 Å². The van der Waals surface area contributed by atoms with Crippen LogP contribution in [0.25, 0.3) is 0 Å². The predicted octanol–water partition coefficient (Wildman–Crippen LogP) is 3.20. The van der Waals surface area contributed by atoms with Crippen molar-refractivity contribution in [2.75, 3.05) is 6.54 Å². The number of hydrogen-bond donors (Lipinski definition) is 2. The summed E-state index contributed by atoms with van der Waals surface area (Å²) in [6.07, 6.45) is 9.06. The Kier molecular flexibility index (Phi) is 4.95. The van der Waals surface area contributed by atoms with E-state index in [9.17, 15) is 14.7 Å². The average molecular weight is 382 g/mol. The Morgan fingerprint density at radius 2 is 1.85 bits per heavy atom. The highest BCUT2D eigenvalue weighted by atomic mass is 35.5. The normalized spacial score (nSPS) is 47.2. The van der Waals surface area contributed by atoms with Crippen molar-refractivity contribution in [2.24, 2.45) is 34.3 Å². The molecule has 4 nitrogen and oxygen atoms in total. The standard InChI is InChI=1S/C21H31NO3.ClH/c1-19-8-5-14(23)11-13(19)3-4-15-16(19)6-9-20(2)17(15)7-10-21(20,25)18(24)12-22;/h11,15-17,25H,3-10,12,22H2,1-2H3;1H. The molecule has 0 bridgehead atoms.